The molecule has 160 valence electrons. The van der Waals surface area contributed by atoms with Crippen molar-refractivity contribution in [2.45, 2.75) is 13.1 Å². The minimum Gasteiger partial charge on any atom is -0.322 e. The summed E-state index contributed by atoms with van der Waals surface area (Å²) in [6, 6.07) is 20.8. The van der Waals surface area contributed by atoms with Crippen LogP contribution >= 0.6 is 0 Å². The van der Waals surface area contributed by atoms with Gasteiger partial charge in [0.25, 0.3) is 5.91 Å². The number of carbonyl (C=O) groups excluding carboxylic acids is 1. The van der Waals surface area contributed by atoms with E-state index in [4.69, 9.17) is 0 Å². The number of rotatable bonds is 6. The number of nitrogens with zero attached hydrogens (tertiary/aromatic N) is 2. The number of piperazine rings is 1. The molecule has 1 saturated heterocycles. The normalized spacial score (nSPS) is 15.0. The molecule has 1 N–H and O–H groups in total. The summed E-state index contributed by atoms with van der Waals surface area (Å²) in [4.78, 5) is 17.1. The minimum atomic E-state index is -0.748. The number of hydrogen-bond donors (Lipinski definition) is 1. The summed E-state index contributed by atoms with van der Waals surface area (Å²) in [5.74, 6) is -2.06. The van der Waals surface area contributed by atoms with Crippen LogP contribution in [0, 0.1) is 11.6 Å². The average Bonchev–Trinajstić information content (AvgIpc) is 2.79. The molecule has 3 aromatic carbocycles. The molecule has 3 aromatic rings. The largest absolute Gasteiger partial charge is 0.322 e. The first-order valence-electron chi connectivity index (χ1n) is 10.4. The number of carbonyl (C=O) groups is 1. The molecule has 0 spiro atoms. The first-order valence-corrected chi connectivity index (χ1v) is 10.4. The zero-order chi connectivity index (χ0) is 21.6. The fraction of sp³-hybridized carbons (Fsp3) is 0.240. The summed E-state index contributed by atoms with van der Waals surface area (Å²) in [6.07, 6.45) is 0. The van der Waals surface area contributed by atoms with E-state index < -0.39 is 17.5 Å². The molecule has 4 nitrogen and oxygen atoms in total. The summed E-state index contributed by atoms with van der Waals surface area (Å²) in [7, 11) is 0. The van der Waals surface area contributed by atoms with E-state index in [1.54, 1.807) is 12.1 Å². The van der Waals surface area contributed by atoms with Crippen LogP contribution < -0.4 is 5.32 Å². The van der Waals surface area contributed by atoms with Gasteiger partial charge >= 0.3 is 0 Å². The molecule has 31 heavy (non-hydrogen) atoms. The van der Waals surface area contributed by atoms with Crippen LogP contribution in [-0.2, 0) is 13.1 Å². The average molecular weight is 421 g/mol. The highest BCUT2D eigenvalue weighted by Crippen LogP contribution is 2.16. The van der Waals surface area contributed by atoms with Crippen LogP contribution in [0.4, 0.5) is 14.5 Å². The molecule has 0 aliphatic carbocycles. The van der Waals surface area contributed by atoms with Crippen LogP contribution in [0.15, 0.2) is 72.8 Å². The van der Waals surface area contributed by atoms with E-state index in [1.807, 2.05) is 18.2 Å². The molecule has 4 rings (SSSR count). The molecule has 0 aromatic heterocycles. The third kappa shape index (κ3) is 5.75. The minimum absolute atomic E-state index is 0.308. The Balaban J connectivity index is 1.27. The van der Waals surface area contributed by atoms with Crippen molar-refractivity contribution in [3.63, 3.8) is 0 Å². The predicted molar refractivity (Wildman–Crippen MR) is 118 cm³/mol. The molecule has 0 atom stereocenters. The quantitative estimate of drug-likeness (QED) is 0.635. The Morgan fingerprint density at radius 1 is 0.774 bits per heavy atom. The van der Waals surface area contributed by atoms with Gasteiger partial charge in [-0.25, -0.2) is 8.78 Å². The molecular weight excluding hydrogens is 396 g/mol. The highest BCUT2D eigenvalue weighted by molar-refractivity contribution is 6.04. The maximum absolute atomic E-state index is 13.8. The Hall–Kier alpha value is -3.09. The summed E-state index contributed by atoms with van der Waals surface area (Å²) < 4.78 is 27.1. The van der Waals surface area contributed by atoms with Crippen LogP contribution in [0.25, 0.3) is 0 Å². The number of anilines is 1. The highest BCUT2D eigenvalue weighted by Gasteiger charge is 2.17. The fourth-order valence-corrected chi connectivity index (χ4v) is 3.77. The molecule has 1 fully saturated rings. The first-order chi connectivity index (χ1) is 15.1. The van der Waals surface area contributed by atoms with Gasteiger partial charge in [-0.15, -0.1) is 0 Å². The zero-order valence-corrected chi connectivity index (χ0v) is 17.2. The number of nitrogens with one attached hydrogen (secondary N) is 1. The molecule has 1 aliphatic rings. The molecule has 1 heterocycles. The van der Waals surface area contributed by atoms with E-state index in [-0.39, 0.29) is 5.56 Å². The van der Waals surface area contributed by atoms with Crippen molar-refractivity contribution < 1.29 is 13.6 Å². The van der Waals surface area contributed by atoms with Crippen molar-refractivity contribution in [3.8, 4) is 0 Å². The monoisotopic (exact) mass is 421 g/mol. The van der Waals surface area contributed by atoms with Crippen LogP contribution in [0.3, 0.4) is 0 Å². The lowest BCUT2D eigenvalue weighted by Crippen LogP contribution is -2.45. The van der Waals surface area contributed by atoms with Gasteiger partial charge in [-0.1, -0.05) is 42.5 Å². The van der Waals surface area contributed by atoms with Crippen molar-refractivity contribution in [1.29, 1.82) is 0 Å². The second-order valence-electron chi connectivity index (χ2n) is 7.81. The Morgan fingerprint density at radius 2 is 1.35 bits per heavy atom. The van der Waals surface area contributed by atoms with Gasteiger partial charge in [0.15, 0.2) is 0 Å². The van der Waals surface area contributed by atoms with E-state index in [1.165, 1.54) is 5.56 Å². The van der Waals surface area contributed by atoms with Gasteiger partial charge < -0.3 is 5.32 Å². The van der Waals surface area contributed by atoms with Gasteiger partial charge in [-0.3, -0.25) is 14.6 Å². The molecule has 0 unspecified atom stereocenters. The van der Waals surface area contributed by atoms with Crippen LogP contribution in [0.5, 0.6) is 0 Å². The summed E-state index contributed by atoms with van der Waals surface area (Å²) >= 11 is 0. The lowest BCUT2D eigenvalue weighted by Gasteiger charge is -2.34. The van der Waals surface area contributed by atoms with Crippen molar-refractivity contribution in [2.75, 3.05) is 31.5 Å². The SMILES string of the molecule is O=C(Nc1ccc(CN2CCN(Cc3ccccc3)CC2)cc1)c1cc(F)ccc1F. The second-order valence-corrected chi connectivity index (χ2v) is 7.81. The Kier molecular flexibility index (Phi) is 6.70. The van der Waals surface area contributed by atoms with E-state index >= 15 is 0 Å². The maximum Gasteiger partial charge on any atom is 0.258 e. The molecule has 0 bridgehead atoms. The van der Waals surface area contributed by atoms with Crippen LogP contribution in [-0.4, -0.2) is 41.9 Å². The number of halogens is 2. The third-order valence-corrected chi connectivity index (χ3v) is 5.50. The molecule has 6 heteroatoms. The van der Waals surface area contributed by atoms with E-state index in [0.29, 0.717) is 5.69 Å². The van der Waals surface area contributed by atoms with Gasteiger partial charge in [0, 0.05) is 45.0 Å². The van der Waals surface area contributed by atoms with Crippen molar-refractivity contribution in [1.82, 2.24) is 9.80 Å². The van der Waals surface area contributed by atoms with Gasteiger partial charge in [0.2, 0.25) is 0 Å². The molecule has 1 amide bonds. The fourth-order valence-electron chi connectivity index (χ4n) is 3.77. The Labute approximate surface area is 181 Å². The molecule has 0 saturated carbocycles. The topological polar surface area (TPSA) is 35.6 Å². The van der Waals surface area contributed by atoms with E-state index in [0.717, 1.165) is 63.0 Å². The number of benzene rings is 3. The number of amides is 1. The Bertz CT molecular complexity index is 1020. The van der Waals surface area contributed by atoms with Crippen molar-refractivity contribution in [2.24, 2.45) is 0 Å². The van der Waals surface area contributed by atoms with Crippen molar-refractivity contribution in [3.05, 3.63) is 101 Å². The standard InChI is InChI=1S/C25H25F2N3O/c26-21-8-11-24(27)23(16-21)25(31)28-22-9-6-20(7-10-22)18-30-14-12-29(13-15-30)17-19-4-2-1-3-5-19/h1-11,16H,12-15,17-18H2,(H,28,31). The highest BCUT2D eigenvalue weighted by atomic mass is 19.1. The maximum atomic E-state index is 13.8. The smallest absolute Gasteiger partial charge is 0.258 e. The summed E-state index contributed by atoms with van der Waals surface area (Å²) in [6.45, 7) is 5.89. The van der Waals surface area contributed by atoms with E-state index in [9.17, 15) is 13.6 Å². The van der Waals surface area contributed by atoms with Gasteiger partial charge in [-0.2, -0.15) is 0 Å². The summed E-state index contributed by atoms with van der Waals surface area (Å²) in [5.41, 5.74) is 2.72. The second kappa shape index (κ2) is 9.81. The summed E-state index contributed by atoms with van der Waals surface area (Å²) in [5, 5.41) is 2.62. The Morgan fingerprint density at radius 3 is 1.97 bits per heavy atom. The lowest BCUT2D eigenvalue weighted by molar-refractivity contribution is 0.102. The third-order valence-electron chi connectivity index (χ3n) is 5.50. The zero-order valence-electron chi connectivity index (χ0n) is 17.2. The van der Waals surface area contributed by atoms with Gasteiger partial charge in [0.05, 0.1) is 5.56 Å². The van der Waals surface area contributed by atoms with Crippen molar-refractivity contribution >= 4 is 11.6 Å². The van der Waals surface area contributed by atoms with Gasteiger partial charge in [-0.05, 0) is 41.5 Å². The lowest BCUT2D eigenvalue weighted by atomic mass is 10.1. The molecule has 1 aliphatic heterocycles. The van der Waals surface area contributed by atoms with Crippen LogP contribution in [0.1, 0.15) is 21.5 Å². The van der Waals surface area contributed by atoms with Gasteiger partial charge in [0.1, 0.15) is 11.6 Å². The number of hydrogen-bond acceptors (Lipinski definition) is 3. The first kappa shape index (κ1) is 21.2. The molecule has 0 radical (unpaired) electrons. The van der Waals surface area contributed by atoms with E-state index in [2.05, 4.69) is 39.4 Å². The van der Waals surface area contributed by atoms with Crippen LogP contribution in [0.2, 0.25) is 0 Å². The predicted octanol–water partition coefficient (Wildman–Crippen LogP) is 4.53. The molecular formula is C25H25F2N3O.